The van der Waals surface area contributed by atoms with E-state index in [1.807, 2.05) is 24.3 Å². The number of unbranched alkanes of at least 4 members (excludes halogenated alkanes) is 1. The Hall–Kier alpha value is -3.40. The lowest BCUT2D eigenvalue weighted by molar-refractivity contribution is 0.0601. The van der Waals surface area contributed by atoms with Crippen LogP contribution in [-0.2, 0) is 17.7 Å². The lowest BCUT2D eigenvalue weighted by Gasteiger charge is -2.11. The molecule has 0 aliphatic rings. The summed E-state index contributed by atoms with van der Waals surface area (Å²) in [6, 6.07) is 24.3. The van der Waals surface area contributed by atoms with Crippen LogP contribution in [0.3, 0.4) is 0 Å². The van der Waals surface area contributed by atoms with Crippen molar-refractivity contribution in [2.24, 2.45) is 0 Å². The first-order valence-corrected chi connectivity index (χ1v) is 10.4. The van der Waals surface area contributed by atoms with Crippen LogP contribution in [-0.4, -0.2) is 22.6 Å². The molecule has 0 unspecified atom stereocenters. The van der Waals surface area contributed by atoms with Crippen LogP contribution in [0.15, 0.2) is 72.8 Å². The fourth-order valence-corrected chi connectivity index (χ4v) is 3.82. The van der Waals surface area contributed by atoms with Crippen LogP contribution in [0.4, 0.5) is 0 Å². The van der Waals surface area contributed by atoms with Gasteiger partial charge in [-0.2, -0.15) is 0 Å². The topological polar surface area (TPSA) is 44.1 Å². The molecule has 3 aromatic carbocycles. The third kappa shape index (κ3) is 3.99. The van der Waals surface area contributed by atoms with Gasteiger partial charge in [-0.25, -0.2) is 9.78 Å². The van der Waals surface area contributed by atoms with E-state index in [0.717, 1.165) is 48.3 Å². The van der Waals surface area contributed by atoms with Crippen molar-refractivity contribution in [1.29, 1.82) is 0 Å². The molecule has 0 N–H and O–H groups in total. The Morgan fingerprint density at radius 1 is 0.967 bits per heavy atom. The highest BCUT2D eigenvalue weighted by Gasteiger charge is 2.13. The molecule has 0 radical (unpaired) electrons. The number of carbonyl (C=O) groups excluding carboxylic acids is 1. The molecule has 0 aliphatic heterocycles. The number of fused-ring (bicyclic) bond motifs is 1. The van der Waals surface area contributed by atoms with Crippen LogP contribution < -0.4 is 0 Å². The molecule has 1 aromatic heterocycles. The molecule has 152 valence electrons. The Labute approximate surface area is 177 Å². The van der Waals surface area contributed by atoms with Crippen molar-refractivity contribution in [2.45, 2.75) is 32.7 Å². The maximum absolute atomic E-state index is 12.1. The van der Waals surface area contributed by atoms with Crippen LogP contribution >= 0.6 is 0 Å². The Morgan fingerprint density at radius 2 is 1.70 bits per heavy atom. The van der Waals surface area contributed by atoms with Gasteiger partial charge >= 0.3 is 5.97 Å². The predicted octanol–water partition coefficient (Wildman–Crippen LogP) is 5.88. The van der Waals surface area contributed by atoms with E-state index in [2.05, 4.69) is 54.0 Å². The molecular weight excluding hydrogens is 372 g/mol. The summed E-state index contributed by atoms with van der Waals surface area (Å²) in [6.07, 6.45) is 3.26. The molecule has 4 rings (SSSR count). The number of para-hydroxylation sites is 2. The van der Waals surface area contributed by atoms with Gasteiger partial charge < -0.3 is 9.30 Å². The number of carbonyl (C=O) groups is 1. The van der Waals surface area contributed by atoms with E-state index in [1.54, 1.807) is 6.07 Å². The summed E-state index contributed by atoms with van der Waals surface area (Å²) < 4.78 is 7.25. The number of hydrogen-bond donors (Lipinski definition) is 0. The Kier molecular flexibility index (Phi) is 5.94. The fraction of sp³-hybridized carbons (Fsp3) is 0.231. The van der Waals surface area contributed by atoms with Crippen molar-refractivity contribution in [2.75, 3.05) is 7.11 Å². The number of rotatable bonds is 7. The van der Waals surface area contributed by atoms with Gasteiger partial charge in [-0.15, -0.1) is 0 Å². The predicted molar refractivity (Wildman–Crippen MR) is 121 cm³/mol. The highest BCUT2D eigenvalue weighted by Crippen LogP contribution is 2.26. The smallest absolute Gasteiger partial charge is 0.338 e. The Morgan fingerprint density at radius 3 is 2.47 bits per heavy atom. The summed E-state index contributed by atoms with van der Waals surface area (Å²) in [7, 11) is 1.41. The maximum Gasteiger partial charge on any atom is 0.338 e. The molecule has 0 saturated carbocycles. The molecule has 4 nitrogen and oxygen atoms in total. The number of aryl methyl sites for hydroxylation is 1. The van der Waals surface area contributed by atoms with Crippen molar-refractivity contribution in [3.8, 4) is 11.1 Å². The van der Waals surface area contributed by atoms with Gasteiger partial charge in [0, 0.05) is 13.0 Å². The van der Waals surface area contributed by atoms with Gasteiger partial charge in [0.15, 0.2) is 0 Å². The number of esters is 1. The molecule has 4 aromatic rings. The normalized spacial score (nSPS) is 11.0. The van der Waals surface area contributed by atoms with Gasteiger partial charge in [-0.1, -0.05) is 67.9 Å². The van der Waals surface area contributed by atoms with E-state index >= 15 is 0 Å². The minimum Gasteiger partial charge on any atom is -0.465 e. The van der Waals surface area contributed by atoms with Crippen molar-refractivity contribution in [1.82, 2.24) is 9.55 Å². The van der Waals surface area contributed by atoms with E-state index in [1.165, 1.54) is 18.2 Å². The highest BCUT2D eigenvalue weighted by atomic mass is 16.5. The Bertz CT molecular complexity index is 1160. The first kappa shape index (κ1) is 19.9. The third-order valence-electron chi connectivity index (χ3n) is 5.43. The first-order valence-electron chi connectivity index (χ1n) is 10.4. The number of imidazole rings is 1. The van der Waals surface area contributed by atoms with Gasteiger partial charge in [0.1, 0.15) is 5.82 Å². The number of ether oxygens (including phenoxy) is 1. The molecule has 30 heavy (non-hydrogen) atoms. The zero-order chi connectivity index (χ0) is 20.9. The standard InChI is InChI=1S/C26H26N2O2/c1-3-4-13-25-27-23-11-7-8-12-24(23)28(25)18-19-14-16-20(17-15-19)21-9-5-6-10-22(21)26(29)30-2/h5-12,14-17H,3-4,13,18H2,1-2H3. The SMILES string of the molecule is CCCCc1nc2ccccc2n1Cc1ccc(-c2ccccc2C(=O)OC)cc1. The van der Waals surface area contributed by atoms with Crippen LogP contribution in [0.25, 0.3) is 22.2 Å². The third-order valence-corrected chi connectivity index (χ3v) is 5.43. The lowest BCUT2D eigenvalue weighted by atomic mass is 9.98. The van der Waals surface area contributed by atoms with Crippen molar-refractivity contribution >= 4 is 17.0 Å². The van der Waals surface area contributed by atoms with Crippen LogP contribution in [0.5, 0.6) is 0 Å². The summed E-state index contributed by atoms with van der Waals surface area (Å²) in [4.78, 5) is 17.0. The molecule has 1 heterocycles. The van der Waals surface area contributed by atoms with Gasteiger partial charge in [-0.05, 0) is 41.3 Å². The fourth-order valence-electron chi connectivity index (χ4n) is 3.82. The quantitative estimate of drug-likeness (QED) is 0.365. The zero-order valence-electron chi connectivity index (χ0n) is 17.5. The van der Waals surface area contributed by atoms with Crippen LogP contribution in [0, 0.1) is 0 Å². The van der Waals surface area contributed by atoms with E-state index in [0.29, 0.717) is 5.56 Å². The molecular formula is C26H26N2O2. The number of benzene rings is 3. The van der Waals surface area contributed by atoms with Gasteiger partial charge in [0.25, 0.3) is 0 Å². The zero-order valence-corrected chi connectivity index (χ0v) is 17.5. The molecule has 0 spiro atoms. The molecule has 0 bridgehead atoms. The van der Waals surface area contributed by atoms with E-state index in [4.69, 9.17) is 9.72 Å². The summed E-state index contributed by atoms with van der Waals surface area (Å²) >= 11 is 0. The molecule has 0 aliphatic carbocycles. The lowest BCUT2D eigenvalue weighted by Crippen LogP contribution is -2.06. The summed E-state index contributed by atoms with van der Waals surface area (Å²) in [5.74, 6) is 0.818. The summed E-state index contributed by atoms with van der Waals surface area (Å²) in [6.45, 7) is 2.98. The Balaban J connectivity index is 1.65. The van der Waals surface area contributed by atoms with Crippen molar-refractivity contribution < 1.29 is 9.53 Å². The summed E-state index contributed by atoms with van der Waals surface area (Å²) in [5.41, 5.74) is 5.88. The van der Waals surface area contributed by atoms with Gasteiger partial charge in [0.2, 0.25) is 0 Å². The maximum atomic E-state index is 12.1. The minimum absolute atomic E-state index is 0.319. The van der Waals surface area contributed by atoms with Gasteiger partial charge in [0.05, 0.1) is 23.7 Å². The van der Waals surface area contributed by atoms with Crippen molar-refractivity contribution in [3.63, 3.8) is 0 Å². The monoisotopic (exact) mass is 398 g/mol. The van der Waals surface area contributed by atoms with E-state index < -0.39 is 0 Å². The molecule has 4 heteroatoms. The second-order valence-corrected chi connectivity index (χ2v) is 7.44. The highest BCUT2D eigenvalue weighted by molar-refractivity contribution is 5.97. The first-order chi connectivity index (χ1) is 14.7. The second-order valence-electron chi connectivity index (χ2n) is 7.44. The van der Waals surface area contributed by atoms with E-state index in [9.17, 15) is 4.79 Å². The summed E-state index contributed by atoms with van der Waals surface area (Å²) in [5, 5.41) is 0. The van der Waals surface area contributed by atoms with Crippen LogP contribution in [0.2, 0.25) is 0 Å². The number of nitrogens with zero attached hydrogens (tertiary/aromatic N) is 2. The number of methoxy groups -OCH3 is 1. The van der Waals surface area contributed by atoms with Crippen molar-refractivity contribution in [3.05, 3.63) is 89.7 Å². The second kappa shape index (κ2) is 8.95. The van der Waals surface area contributed by atoms with Gasteiger partial charge in [-0.3, -0.25) is 0 Å². The molecule has 0 amide bonds. The molecule has 0 fully saturated rings. The molecule has 0 atom stereocenters. The largest absolute Gasteiger partial charge is 0.465 e. The average molecular weight is 399 g/mol. The minimum atomic E-state index is -0.319. The van der Waals surface area contributed by atoms with E-state index in [-0.39, 0.29) is 5.97 Å². The average Bonchev–Trinajstić information content (AvgIpc) is 3.15. The molecule has 0 saturated heterocycles. The number of hydrogen-bond acceptors (Lipinski definition) is 3. The number of aromatic nitrogens is 2. The van der Waals surface area contributed by atoms with Crippen LogP contribution in [0.1, 0.15) is 41.5 Å².